The summed E-state index contributed by atoms with van der Waals surface area (Å²) in [5.41, 5.74) is 11.0. The van der Waals surface area contributed by atoms with Crippen molar-refractivity contribution in [2.24, 2.45) is 0 Å². The third-order valence-electron chi connectivity index (χ3n) is 14.0. The zero-order valence-corrected chi connectivity index (χ0v) is 36.9. The molecular formula is C63H36N4O2. The fourth-order valence-electron chi connectivity index (χ4n) is 10.8. The number of hydrogen-bond donors (Lipinski definition) is 0. The maximum absolute atomic E-state index is 6.99. The Labute approximate surface area is 394 Å². The molecule has 4 aromatic heterocycles. The number of rotatable bonds is 5. The zero-order valence-electron chi connectivity index (χ0n) is 36.9. The van der Waals surface area contributed by atoms with E-state index in [1.54, 1.807) is 0 Å². The molecule has 0 saturated heterocycles. The van der Waals surface area contributed by atoms with Gasteiger partial charge in [-0.2, -0.15) is 0 Å². The van der Waals surface area contributed by atoms with Crippen LogP contribution in [0.4, 0.5) is 0 Å². The van der Waals surface area contributed by atoms with Crippen molar-refractivity contribution in [3.63, 3.8) is 0 Å². The monoisotopic (exact) mass is 880 g/mol. The second-order valence-electron chi connectivity index (χ2n) is 17.9. The minimum absolute atomic E-state index is 0.514. The molecule has 6 heteroatoms. The summed E-state index contributed by atoms with van der Waals surface area (Å²) >= 11 is 0. The highest BCUT2D eigenvalue weighted by molar-refractivity contribution is 6.26. The Balaban J connectivity index is 1.09. The number of fused-ring (bicyclic) bond motifs is 14. The van der Waals surface area contributed by atoms with Crippen molar-refractivity contribution >= 4 is 98.0 Å². The first-order valence-electron chi connectivity index (χ1n) is 23.3. The van der Waals surface area contributed by atoms with Gasteiger partial charge in [0.1, 0.15) is 22.3 Å². The first-order chi connectivity index (χ1) is 34.2. The Morgan fingerprint density at radius 2 is 0.913 bits per heavy atom. The van der Waals surface area contributed by atoms with Gasteiger partial charge in [-0.3, -0.25) is 0 Å². The van der Waals surface area contributed by atoms with E-state index in [2.05, 4.69) is 193 Å². The topological polar surface area (TPSA) is 69.9 Å². The Bertz CT molecular complexity index is 4600. The quantitative estimate of drug-likeness (QED) is 0.172. The molecule has 15 aromatic rings. The summed E-state index contributed by atoms with van der Waals surface area (Å²) in [7, 11) is 0. The van der Waals surface area contributed by atoms with Crippen molar-refractivity contribution in [1.29, 1.82) is 0 Å². The fraction of sp³-hybridized carbons (Fsp3) is 0. The van der Waals surface area contributed by atoms with Crippen LogP contribution in [-0.4, -0.2) is 19.5 Å². The Morgan fingerprint density at radius 3 is 1.74 bits per heavy atom. The normalized spacial score (nSPS) is 12.1. The van der Waals surface area contributed by atoms with Crippen LogP contribution >= 0.6 is 0 Å². The van der Waals surface area contributed by atoms with Crippen molar-refractivity contribution in [1.82, 2.24) is 19.5 Å². The van der Waals surface area contributed by atoms with Gasteiger partial charge in [-0.15, -0.1) is 0 Å². The van der Waals surface area contributed by atoms with Crippen LogP contribution in [0.2, 0.25) is 0 Å². The molecule has 0 aliphatic rings. The van der Waals surface area contributed by atoms with Gasteiger partial charge in [0.25, 0.3) is 0 Å². The van der Waals surface area contributed by atoms with Crippen LogP contribution in [0.3, 0.4) is 0 Å². The van der Waals surface area contributed by atoms with E-state index in [4.69, 9.17) is 23.8 Å². The number of benzene rings is 11. The standard InChI is InChI=1S/C63H36N4O2/c1-2-13-37(14-3-1)38-25-27-41(28-26-38)61-64-62(66-63(65-61)50-23-12-22-47-46-21-10-11-24-54(46)68-60(47)50)49-32-34-55-57(48-31-29-40-16-7-9-20-45(40)59(48)69-55)58(49)67-52-33-30-39-15-6-8-19-44(39)56(52)51-35-42-17-4-5-18-43(42)36-53(51)67/h1-36H. The minimum atomic E-state index is 0.514. The second-order valence-corrected chi connectivity index (χ2v) is 17.9. The summed E-state index contributed by atoms with van der Waals surface area (Å²) in [5.74, 6) is 1.59. The van der Waals surface area contributed by atoms with Gasteiger partial charge >= 0.3 is 0 Å². The van der Waals surface area contributed by atoms with E-state index in [1.165, 1.54) is 21.5 Å². The van der Waals surface area contributed by atoms with Crippen LogP contribution in [0.5, 0.6) is 0 Å². The van der Waals surface area contributed by atoms with Crippen molar-refractivity contribution in [3.8, 4) is 51.0 Å². The molecule has 0 atom stereocenters. The molecule has 320 valence electrons. The molecule has 0 unspecified atom stereocenters. The molecule has 0 radical (unpaired) electrons. The summed E-state index contributed by atoms with van der Waals surface area (Å²) in [4.78, 5) is 16.3. The SMILES string of the molecule is c1ccc(-c2ccc(-c3nc(-c4ccc5oc6c7ccccc7ccc6c5c4-n4c5cc6ccccc6cc5c5c6ccccc6ccc54)nc(-c4cccc5c4oc4ccccc45)n3)cc2)cc1. The van der Waals surface area contributed by atoms with E-state index in [0.29, 0.717) is 17.5 Å². The molecule has 15 rings (SSSR count). The molecule has 0 aliphatic heterocycles. The highest BCUT2D eigenvalue weighted by Gasteiger charge is 2.26. The smallest absolute Gasteiger partial charge is 0.167 e. The number of para-hydroxylation sites is 2. The number of nitrogens with zero attached hydrogens (tertiary/aromatic N) is 4. The molecule has 6 nitrogen and oxygen atoms in total. The van der Waals surface area contributed by atoms with Crippen molar-refractivity contribution in [2.45, 2.75) is 0 Å². The highest BCUT2D eigenvalue weighted by Crippen LogP contribution is 2.47. The van der Waals surface area contributed by atoms with Gasteiger partial charge in [0.05, 0.1) is 27.7 Å². The maximum Gasteiger partial charge on any atom is 0.167 e. The minimum Gasteiger partial charge on any atom is -0.455 e. The average molecular weight is 881 g/mol. The summed E-state index contributed by atoms with van der Waals surface area (Å²) < 4.78 is 16.1. The van der Waals surface area contributed by atoms with Crippen molar-refractivity contribution in [3.05, 3.63) is 218 Å². The van der Waals surface area contributed by atoms with Gasteiger partial charge in [0, 0.05) is 43.4 Å². The van der Waals surface area contributed by atoms with Crippen LogP contribution in [0.1, 0.15) is 0 Å². The lowest BCUT2D eigenvalue weighted by Gasteiger charge is -2.16. The van der Waals surface area contributed by atoms with Gasteiger partial charge in [-0.25, -0.2) is 15.0 Å². The van der Waals surface area contributed by atoms with Crippen LogP contribution in [0.25, 0.3) is 149 Å². The molecule has 69 heavy (non-hydrogen) atoms. The van der Waals surface area contributed by atoms with Gasteiger partial charge in [-0.05, 0) is 86.6 Å². The molecule has 0 spiro atoms. The van der Waals surface area contributed by atoms with Crippen molar-refractivity contribution in [2.75, 3.05) is 0 Å². The summed E-state index contributed by atoms with van der Waals surface area (Å²) in [6, 6.07) is 76.8. The molecular weight excluding hydrogens is 845 g/mol. The molecule has 0 saturated carbocycles. The fourth-order valence-corrected chi connectivity index (χ4v) is 10.8. The second kappa shape index (κ2) is 14.6. The highest BCUT2D eigenvalue weighted by atomic mass is 16.3. The third-order valence-corrected chi connectivity index (χ3v) is 14.0. The summed E-state index contributed by atoms with van der Waals surface area (Å²) in [5, 5.41) is 13.2. The Kier molecular flexibility index (Phi) is 7.97. The van der Waals surface area contributed by atoms with Crippen LogP contribution < -0.4 is 0 Å². The van der Waals surface area contributed by atoms with Crippen LogP contribution in [0.15, 0.2) is 227 Å². The molecule has 0 bridgehead atoms. The van der Waals surface area contributed by atoms with E-state index in [1.807, 2.05) is 30.3 Å². The molecule has 11 aromatic carbocycles. The van der Waals surface area contributed by atoms with E-state index >= 15 is 0 Å². The van der Waals surface area contributed by atoms with Gasteiger partial charge in [0.2, 0.25) is 0 Å². The van der Waals surface area contributed by atoms with Crippen LogP contribution in [0, 0.1) is 0 Å². The molecule has 0 N–H and O–H groups in total. The van der Waals surface area contributed by atoms with Crippen molar-refractivity contribution < 1.29 is 8.83 Å². The first-order valence-corrected chi connectivity index (χ1v) is 23.3. The predicted octanol–water partition coefficient (Wildman–Crippen LogP) is 16.9. The van der Waals surface area contributed by atoms with Gasteiger partial charge < -0.3 is 13.4 Å². The number of aromatic nitrogens is 4. The maximum atomic E-state index is 6.99. The van der Waals surface area contributed by atoms with Gasteiger partial charge in [0.15, 0.2) is 17.5 Å². The van der Waals surface area contributed by atoms with E-state index < -0.39 is 0 Å². The molecule has 0 amide bonds. The number of furan rings is 2. The lowest BCUT2D eigenvalue weighted by atomic mass is 10.0. The Hall–Kier alpha value is -9.39. The third kappa shape index (κ3) is 5.69. The van der Waals surface area contributed by atoms with E-state index in [0.717, 1.165) is 110 Å². The largest absolute Gasteiger partial charge is 0.455 e. The average Bonchev–Trinajstić information content (AvgIpc) is 4.10. The Morgan fingerprint density at radius 1 is 0.304 bits per heavy atom. The molecule has 0 aliphatic carbocycles. The van der Waals surface area contributed by atoms with E-state index in [-0.39, 0.29) is 0 Å². The lowest BCUT2D eigenvalue weighted by molar-refractivity contribution is 0.669. The molecule has 4 heterocycles. The van der Waals surface area contributed by atoms with E-state index in [9.17, 15) is 0 Å². The first kappa shape index (κ1) is 37.8. The summed E-state index contributed by atoms with van der Waals surface area (Å²) in [6.45, 7) is 0. The summed E-state index contributed by atoms with van der Waals surface area (Å²) in [6.07, 6.45) is 0. The number of hydrogen-bond acceptors (Lipinski definition) is 5. The van der Waals surface area contributed by atoms with Crippen LogP contribution in [-0.2, 0) is 0 Å². The zero-order chi connectivity index (χ0) is 45.2. The van der Waals surface area contributed by atoms with Gasteiger partial charge in [-0.1, -0.05) is 170 Å². The molecule has 0 fully saturated rings. The lowest BCUT2D eigenvalue weighted by Crippen LogP contribution is -2.04. The predicted molar refractivity (Wildman–Crippen MR) is 283 cm³/mol.